The molecule has 1 aliphatic heterocycles. The van der Waals surface area contributed by atoms with Crippen molar-refractivity contribution in [1.29, 1.82) is 0 Å². The van der Waals surface area contributed by atoms with Crippen molar-refractivity contribution in [2.24, 2.45) is 0 Å². The Bertz CT molecular complexity index is 276. The SMILES string of the molecule is CC(=O)O[C@@H]1[C@@H](O)[C@@H](OC(C)=O)CO[C@H]1C. The maximum atomic E-state index is 10.8. The Morgan fingerprint density at radius 1 is 1.25 bits per heavy atom. The monoisotopic (exact) mass is 232 g/mol. The zero-order valence-electron chi connectivity index (χ0n) is 9.50. The molecule has 4 atom stereocenters. The summed E-state index contributed by atoms with van der Waals surface area (Å²) in [5.74, 6) is -1.02. The van der Waals surface area contributed by atoms with Gasteiger partial charge in [0.2, 0.25) is 0 Å². The van der Waals surface area contributed by atoms with E-state index in [1.54, 1.807) is 6.92 Å². The van der Waals surface area contributed by atoms with E-state index in [1.165, 1.54) is 13.8 Å². The number of aliphatic hydroxyl groups is 1. The van der Waals surface area contributed by atoms with Crippen LogP contribution in [0.2, 0.25) is 0 Å². The molecular weight excluding hydrogens is 216 g/mol. The lowest BCUT2D eigenvalue weighted by Gasteiger charge is -2.37. The summed E-state index contributed by atoms with van der Waals surface area (Å²) in [6.07, 6.45) is -3.09. The van der Waals surface area contributed by atoms with Gasteiger partial charge in [0.25, 0.3) is 0 Å². The van der Waals surface area contributed by atoms with Crippen molar-refractivity contribution < 1.29 is 28.9 Å². The van der Waals surface area contributed by atoms with Gasteiger partial charge in [-0.3, -0.25) is 9.59 Å². The molecule has 1 aliphatic rings. The molecule has 0 unspecified atom stereocenters. The van der Waals surface area contributed by atoms with E-state index in [0.717, 1.165) is 0 Å². The van der Waals surface area contributed by atoms with E-state index in [2.05, 4.69) is 0 Å². The summed E-state index contributed by atoms with van der Waals surface area (Å²) in [4.78, 5) is 21.6. The molecule has 6 nitrogen and oxygen atoms in total. The van der Waals surface area contributed by atoms with Crippen LogP contribution in [0.5, 0.6) is 0 Å². The molecule has 0 aromatic rings. The number of esters is 2. The third kappa shape index (κ3) is 3.18. The maximum Gasteiger partial charge on any atom is 0.303 e. The van der Waals surface area contributed by atoms with Crippen LogP contribution in [0, 0.1) is 0 Å². The average Bonchev–Trinajstić information content (AvgIpc) is 2.16. The second-order valence-corrected chi connectivity index (χ2v) is 3.75. The van der Waals surface area contributed by atoms with Crippen molar-refractivity contribution in [2.45, 2.75) is 45.2 Å². The summed E-state index contributed by atoms with van der Waals surface area (Å²) in [5, 5.41) is 9.86. The molecule has 6 heteroatoms. The third-order valence-corrected chi connectivity index (χ3v) is 2.32. The molecule has 92 valence electrons. The minimum atomic E-state index is -1.06. The number of ether oxygens (including phenoxy) is 3. The number of carbonyl (C=O) groups is 2. The van der Waals surface area contributed by atoms with Gasteiger partial charge in [0.15, 0.2) is 12.2 Å². The second kappa shape index (κ2) is 5.27. The van der Waals surface area contributed by atoms with Gasteiger partial charge in [-0.15, -0.1) is 0 Å². The van der Waals surface area contributed by atoms with Crippen LogP contribution in [-0.4, -0.2) is 48.1 Å². The number of aliphatic hydroxyl groups excluding tert-OH is 1. The molecule has 1 saturated heterocycles. The number of hydrogen-bond acceptors (Lipinski definition) is 6. The van der Waals surface area contributed by atoms with Crippen molar-refractivity contribution in [3.63, 3.8) is 0 Å². The Labute approximate surface area is 93.5 Å². The summed E-state index contributed by atoms with van der Waals surface area (Å²) >= 11 is 0. The lowest BCUT2D eigenvalue weighted by atomic mass is 10.0. The first-order valence-corrected chi connectivity index (χ1v) is 5.06. The van der Waals surface area contributed by atoms with Crippen LogP contribution in [0.25, 0.3) is 0 Å². The van der Waals surface area contributed by atoms with Gasteiger partial charge in [0, 0.05) is 13.8 Å². The molecule has 0 aromatic heterocycles. The van der Waals surface area contributed by atoms with Crippen LogP contribution >= 0.6 is 0 Å². The van der Waals surface area contributed by atoms with Crippen LogP contribution in [-0.2, 0) is 23.8 Å². The van der Waals surface area contributed by atoms with Gasteiger partial charge in [-0.05, 0) is 6.92 Å². The lowest BCUT2D eigenvalue weighted by molar-refractivity contribution is -0.212. The quantitative estimate of drug-likeness (QED) is 0.654. The standard InChI is InChI=1S/C10H16O6/c1-5-10(16-7(3)12)9(13)8(4-14-5)15-6(2)11/h5,8-10,13H,4H2,1-3H3/t5-,8-,9-,10-/m0/s1. The highest BCUT2D eigenvalue weighted by atomic mass is 16.6. The summed E-state index contributed by atoms with van der Waals surface area (Å²) in [6.45, 7) is 4.26. The molecule has 1 rings (SSSR count). The highest BCUT2D eigenvalue weighted by Crippen LogP contribution is 2.20. The van der Waals surface area contributed by atoms with E-state index >= 15 is 0 Å². The summed E-state index contributed by atoms with van der Waals surface area (Å²) in [7, 11) is 0. The largest absolute Gasteiger partial charge is 0.457 e. The van der Waals surface area contributed by atoms with Crippen molar-refractivity contribution in [1.82, 2.24) is 0 Å². The normalized spacial score (nSPS) is 34.2. The van der Waals surface area contributed by atoms with Crippen LogP contribution in [0.1, 0.15) is 20.8 Å². The first-order valence-electron chi connectivity index (χ1n) is 5.06. The van der Waals surface area contributed by atoms with Crippen molar-refractivity contribution in [2.75, 3.05) is 6.61 Å². The predicted octanol–water partition coefficient (Wildman–Crippen LogP) is -0.371. The topological polar surface area (TPSA) is 82.1 Å². The molecule has 0 saturated carbocycles. The minimum absolute atomic E-state index is 0.0969. The Morgan fingerprint density at radius 3 is 2.31 bits per heavy atom. The van der Waals surface area contributed by atoms with Gasteiger partial charge in [-0.2, -0.15) is 0 Å². The fourth-order valence-corrected chi connectivity index (χ4v) is 1.60. The molecule has 0 radical (unpaired) electrons. The summed E-state index contributed by atoms with van der Waals surface area (Å²) in [5.41, 5.74) is 0. The maximum absolute atomic E-state index is 10.8. The smallest absolute Gasteiger partial charge is 0.303 e. The van der Waals surface area contributed by atoms with Crippen LogP contribution in [0.4, 0.5) is 0 Å². The van der Waals surface area contributed by atoms with Gasteiger partial charge < -0.3 is 19.3 Å². The van der Waals surface area contributed by atoms with Gasteiger partial charge in [0.1, 0.15) is 6.10 Å². The zero-order chi connectivity index (χ0) is 12.3. The molecule has 1 N–H and O–H groups in total. The first-order chi connectivity index (χ1) is 7.41. The lowest BCUT2D eigenvalue weighted by Crippen LogP contribution is -2.54. The Morgan fingerprint density at radius 2 is 1.81 bits per heavy atom. The predicted molar refractivity (Wildman–Crippen MR) is 52.5 cm³/mol. The molecule has 0 aliphatic carbocycles. The first kappa shape index (κ1) is 12.9. The highest BCUT2D eigenvalue weighted by molar-refractivity contribution is 5.67. The Kier molecular flexibility index (Phi) is 4.26. The number of hydrogen-bond donors (Lipinski definition) is 1. The fourth-order valence-electron chi connectivity index (χ4n) is 1.60. The van der Waals surface area contributed by atoms with Crippen LogP contribution in [0.3, 0.4) is 0 Å². The molecule has 16 heavy (non-hydrogen) atoms. The van der Waals surface area contributed by atoms with E-state index in [-0.39, 0.29) is 6.61 Å². The van der Waals surface area contributed by atoms with E-state index < -0.39 is 36.4 Å². The molecule has 1 heterocycles. The van der Waals surface area contributed by atoms with E-state index in [4.69, 9.17) is 14.2 Å². The molecule has 0 amide bonds. The van der Waals surface area contributed by atoms with Gasteiger partial charge in [-0.25, -0.2) is 0 Å². The van der Waals surface area contributed by atoms with E-state index in [9.17, 15) is 14.7 Å². The Hall–Kier alpha value is -1.14. The molecule has 0 spiro atoms. The molecule has 0 aromatic carbocycles. The second-order valence-electron chi connectivity index (χ2n) is 3.75. The zero-order valence-corrected chi connectivity index (χ0v) is 9.50. The summed E-state index contributed by atoms with van der Waals surface area (Å²) < 4.78 is 15.0. The van der Waals surface area contributed by atoms with E-state index in [1.807, 2.05) is 0 Å². The van der Waals surface area contributed by atoms with Crippen LogP contribution in [0.15, 0.2) is 0 Å². The molecule has 0 bridgehead atoms. The van der Waals surface area contributed by atoms with Crippen LogP contribution < -0.4 is 0 Å². The van der Waals surface area contributed by atoms with Crippen molar-refractivity contribution in [3.8, 4) is 0 Å². The van der Waals surface area contributed by atoms with Gasteiger partial charge in [-0.1, -0.05) is 0 Å². The highest BCUT2D eigenvalue weighted by Gasteiger charge is 2.41. The fraction of sp³-hybridized carbons (Fsp3) is 0.800. The molecular formula is C10H16O6. The average molecular weight is 232 g/mol. The van der Waals surface area contributed by atoms with Gasteiger partial charge >= 0.3 is 11.9 Å². The number of carbonyl (C=O) groups excluding carboxylic acids is 2. The number of rotatable bonds is 2. The van der Waals surface area contributed by atoms with E-state index in [0.29, 0.717) is 0 Å². The van der Waals surface area contributed by atoms with Crippen molar-refractivity contribution >= 4 is 11.9 Å². The third-order valence-electron chi connectivity index (χ3n) is 2.32. The molecule has 1 fully saturated rings. The Balaban J connectivity index is 2.66. The van der Waals surface area contributed by atoms with Crippen molar-refractivity contribution in [3.05, 3.63) is 0 Å². The minimum Gasteiger partial charge on any atom is -0.457 e. The van der Waals surface area contributed by atoms with Gasteiger partial charge in [0.05, 0.1) is 12.7 Å². The summed E-state index contributed by atoms with van der Waals surface area (Å²) in [6, 6.07) is 0.